The Kier molecular flexibility index (Phi) is 3.14. The van der Waals surface area contributed by atoms with Crippen LogP contribution in [0.5, 0.6) is 0 Å². The van der Waals surface area contributed by atoms with Gasteiger partial charge in [0.2, 0.25) is 0 Å². The first kappa shape index (κ1) is 10.1. The van der Waals surface area contributed by atoms with Crippen LogP contribution in [-0.4, -0.2) is 34.1 Å². The molecule has 0 aliphatic rings. The quantitative estimate of drug-likeness (QED) is 0.597. The third kappa shape index (κ3) is 2.27. The van der Waals surface area contributed by atoms with Crippen LogP contribution < -0.4 is 5.73 Å². The Morgan fingerprint density at radius 2 is 2.64 bits per heavy atom. The number of ether oxygens (including phenoxy) is 1. The summed E-state index contributed by atoms with van der Waals surface area (Å²) in [7, 11) is 1.25. The highest BCUT2D eigenvalue weighted by molar-refractivity contribution is 5.75. The van der Waals surface area contributed by atoms with Gasteiger partial charge in [0.15, 0.2) is 5.69 Å². The Morgan fingerprint density at radius 1 is 1.93 bits per heavy atom. The standard InChI is InChI=1S/C7H9N5O2/c1-14-7(13)6(9)4-12-10-3-5(2-8)11-12/h3,6H,4,9H2,1H3. The molecule has 1 aromatic heterocycles. The molecule has 7 heteroatoms. The second-order valence-corrected chi connectivity index (χ2v) is 2.53. The van der Waals surface area contributed by atoms with Crippen molar-refractivity contribution in [3.63, 3.8) is 0 Å². The second-order valence-electron chi connectivity index (χ2n) is 2.53. The molecule has 1 unspecified atom stereocenters. The van der Waals surface area contributed by atoms with Crippen molar-refractivity contribution in [2.24, 2.45) is 5.73 Å². The van der Waals surface area contributed by atoms with Gasteiger partial charge in [-0.2, -0.15) is 15.2 Å². The molecule has 1 heterocycles. The molecule has 0 aliphatic heterocycles. The first-order valence-corrected chi connectivity index (χ1v) is 3.81. The van der Waals surface area contributed by atoms with Crippen LogP contribution in [0.4, 0.5) is 0 Å². The second kappa shape index (κ2) is 4.34. The third-order valence-corrected chi connectivity index (χ3v) is 1.51. The lowest BCUT2D eigenvalue weighted by Gasteiger charge is -2.07. The number of methoxy groups -OCH3 is 1. The fourth-order valence-electron chi connectivity index (χ4n) is 0.838. The number of carbonyl (C=O) groups excluding carboxylic acids is 1. The molecular weight excluding hydrogens is 186 g/mol. The van der Waals surface area contributed by atoms with Gasteiger partial charge in [0.1, 0.15) is 12.1 Å². The van der Waals surface area contributed by atoms with Gasteiger partial charge < -0.3 is 10.5 Å². The first-order chi connectivity index (χ1) is 6.67. The van der Waals surface area contributed by atoms with Crippen molar-refractivity contribution in [3.05, 3.63) is 11.9 Å². The van der Waals surface area contributed by atoms with E-state index in [0.717, 1.165) is 0 Å². The molecule has 0 saturated carbocycles. The number of hydrogen-bond acceptors (Lipinski definition) is 6. The normalized spacial score (nSPS) is 11.8. The van der Waals surface area contributed by atoms with Crippen molar-refractivity contribution >= 4 is 5.97 Å². The minimum atomic E-state index is -0.820. The monoisotopic (exact) mass is 195 g/mol. The molecule has 0 fully saturated rings. The predicted molar refractivity (Wildman–Crippen MR) is 44.7 cm³/mol. The lowest BCUT2D eigenvalue weighted by Crippen LogP contribution is -2.36. The average molecular weight is 195 g/mol. The summed E-state index contributed by atoms with van der Waals surface area (Å²) in [5.74, 6) is -0.541. The molecule has 0 saturated heterocycles. The van der Waals surface area contributed by atoms with E-state index in [0.29, 0.717) is 0 Å². The summed E-state index contributed by atoms with van der Waals surface area (Å²) in [4.78, 5) is 12.1. The number of nitrogens with zero attached hydrogens (tertiary/aromatic N) is 4. The van der Waals surface area contributed by atoms with E-state index in [2.05, 4.69) is 14.9 Å². The molecule has 1 atom stereocenters. The summed E-state index contributed by atoms with van der Waals surface area (Å²) < 4.78 is 4.42. The van der Waals surface area contributed by atoms with E-state index in [9.17, 15) is 4.79 Å². The molecule has 0 amide bonds. The summed E-state index contributed by atoms with van der Waals surface area (Å²) in [6.45, 7) is 0.0916. The van der Waals surface area contributed by atoms with Crippen LogP contribution in [0.25, 0.3) is 0 Å². The molecule has 0 aromatic carbocycles. The smallest absolute Gasteiger partial charge is 0.324 e. The van der Waals surface area contributed by atoms with E-state index in [-0.39, 0.29) is 12.2 Å². The topological polar surface area (TPSA) is 107 Å². The van der Waals surface area contributed by atoms with Crippen molar-refractivity contribution in [1.29, 1.82) is 5.26 Å². The van der Waals surface area contributed by atoms with Crippen molar-refractivity contribution in [3.8, 4) is 6.07 Å². The van der Waals surface area contributed by atoms with Crippen molar-refractivity contribution in [2.75, 3.05) is 7.11 Å². The van der Waals surface area contributed by atoms with Gasteiger partial charge in [0.25, 0.3) is 0 Å². The Bertz CT molecular complexity index is 366. The van der Waals surface area contributed by atoms with Gasteiger partial charge in [-0.15, -0.1) is 5.10 Å². The highest BCUT2D eigenvalue weighted by atomic mass is 16.5. The summed E-state index contributed by atoms with van der Waals surface area (Å²) in [5, 5.41) is 15.9. The predicted octanol–water partition coefficient (Wildman–Crippen LogP) is -1.35. The van der Waals surface area contributed by atoms with E-state index in [4.69, 9.17) is 11.0 Å². The van der Waals surface area contributed by atoms with Gasteiger partial charge in [0.05, 0.1) is 19.9 Å². The molecule has 1 aromatic rings. The number of nitriles is 1. The molecule has 0 aliphatic carbocycles. The number of rotatable bonds is 3. The average Bonchev–Trinajstić information content (AvgIpc) is 2.64. The van der Waals surface area contributed by atoms with E-state index in [1.807, 2.05) is 6.07 Å². The van der Waals surface area contributed by atoms with Crippen LogP contribution in [0.15, 0.2) is 6.20 Å². The summed E-state index contributed by atoms with van der Waals surface area (Å²) in [5.41, 5.74) is 5.63. The zero-order valence-electron chi connectivity index (χ0n) is 7.54. The number of aromatic nitrogens is 3. The van der Waals surface area contributed by atoms with Crippen LogP contribution in [0.1, 0.15) is 5.69 Å². The molecule has 14 heavy (non-hydrogen) atoms. The molecule has 74 valence electrons. The molecule has 0 radical (unpaired) electrons. The van der Waals surface area contributed by atoms with Crippen LogP contribution in [0, 0.1) is 11.3 Å². The fraction of sp³-hybridized carbons (Fsp3) is 0.429. The zero-order chi connectivity index (χ0) is 10.6. The highest BCUT2D eigenvalue weighted by Crippen LogP contribution is 1.91. The Balaban J connectivity index is 2.61. The summed E-state index contributed by atoms with van der Waals surface area (Å²) >= 11 is 0. The van der Waals surface area contributed by atoms with Gasteiger partial charge in [-0.1, -0.05) is 0 Å². The molecular formula is C7H9N5O2. The fourth-order valence-corrected chi connectivity index (χ4v) is 0.838. The number of nitrogens with two attached hydrogens (primary N) is 1. The Morgan fingerprint density at radius 3 is 3.14 bits per heavy atom. The molecule has 1 rings (SSSR count). The van der Waals surface area contributed by atoms with E-state index < -0.39 is 12.0 Å². The van der Waals surface area contributed by atoms with Crippen molar-refractivity contribution in [2.45, 2.75) is 12.6 Å². The SMILES string of the molecule is COC(=O)C(N)Cn1ncc(C#N)n1. The summed E-state index contributed by atoms with van der Waals surface area (Å²) in [6.07, 6.45) is 1.30. The third-order valence-electron chi connectivity index (χ3n) is 1.51. The Labute approximate surface area is 80.1 Å². The maximum absolute atomic E-state index is 10.9. The van der Waals surface area contributed by atoms with Gasteiger partial charge in [-0.25, -0.2) is 0 Å². The lowest BCUT2D eigenvalue weighted by molar-refractivity contribution is -0.142. The van der Waals surface area contributed by atoms with Crippen molar-refractivity contribution < 1.29 is 9.53 Å². The van der Waals surface area contributed by atoms with Crippen LogP contribution in [0.3, 0.4) is 0 Å². The Hall–Kier alpha value is -1.94. The van der Waals surface area contributed by atoms with Gasteiger partial charge in [0, 0.05) is 0 Å². The van der Waals surface area contributed by atoms with Crippen LogP contribution >= 0.6 is 0 Å². The van der Waals surface area contributed by atoms with Gasteiger partial charge >= 0.3 is 5.97 Å². The maximum Gasteiger partial charge on any atom is 0.324 e. The van der Waals surface area contributed by atoms with Crippen LogP contribution in [-0.2, 0) is 16.1 Å². The largest absolute Gasteiger partial charge is 0.468 e. The number of carbonyl (C=O) groups is 1. The lowest BCUT2D eigenvalue weighted by atomic mass is 10.3. The van der Waals surface area contributed by atoms with E-state index >= 15 is 0 Å². The van der Waals surface area contributed by atoms with Crippen LogP contribution in [0.2, 0.25) is 0 Å². The maximum atomic E-state index is 10.9. The van der Waals surface area contributed by atoms with Crippen molar-refractivity contribution in [1.82, 2.24) is 15.0 Å². The molecule has 0 spiro atoms. The molecule has 7 nitrogen and oxygen atoms in total. The highest BCUT2D eigenvalue weighted by Gasteiger charge is 2.15. The summed E-state index contributed by atoms with van der Waals surface area (Å²) in [6, 6.07) is 0.992. The number of hydrogen-bond donors (Lipinski definition) is 1. The van der Waals surface area contributed by atoms with E-state index in [1.54, 1.807) is 0 Å². The zero-order valence-corrected chi connectivity index (χ0v) is 7.54. The number of esters is 1. The molecule has 2 N–H and O–H groups in total. The van der Waals surface area contributed by atoms with Gasteiger partial charge in [-0.05, 0) is 0 Å². The van der Waals surface area contributed by atoms with E-state index in [1.165, 1.54) is 18.1 Å². The first-order valence-electron chi connectivity index (χ1n) is 3.81. The minimum Gasteiger partial charge on any atom is -0.468 e. The minimum absolute atomic E-state index is 0.0916. The van der Waals surface area contributed by atoms with Gasteiger partial charge in [-0.3, -0.25) is 4.79 Å². The molecule has 0 bridgehead atoms.